The van der Waals surface area contributed by atoms with Crippen LogP contribution in [0.25, 0.3) is 0 Å². The maximum atomic E-state index is 13.0. The number of nitrogens with one attached hydrogen (secondary N) is 1. The topological polar surface area (TPSA) is 90.9 Å². The normalized spacial score (nSPS) is 19.6. The lowest BCUT2D eigenvalue weighted by Gasteiger charge is -2.36. The van der Waals surface area contributed by atoms with E-state index in [9.17, 15) is 14.4 Å². The molecule has 0 aliphatic heterocycles. The summed E-state index contributed by atoms with van der Waals surface area (Å²) in [4.78, 5) is 38.0. The second kappa shape index (κ2) is 12.4. The van der Waals surface area contributed by atoms with E-state index in [1.54, 1.807) is 42.5 Å². The molecule has 0 saturated heterocycles. The number of benzene rings is 2. The molecule has 1 saturated carbocycles. The van der Waals surface area contributed by atoms with E-state index in [-0.39, 0.29) is 17.2 Å². The van der Waals surface area contributed by atoms with Crippen LogP contribution in [-0.4, -0.2) is 37.2 Å². The summed E-state index contributed by atoms with van der Waals surface area (Å²) in [7, 11) is 0. The van der Waals surface area contributed by atoms with E-state index in [0.717, 1.165) is 19.3 Å². The average molecular weight is 482 g/mol. The zero-order chi connectivity index (χ0) is 25.4. The Labute approximate surface area is 207 Å². The molecule has 1 fully saturated rings. The lowest BCUT2D eigenvalue weighted by atomic mass is 9.75. The van der Waals surface area contributed by atoms with Crippen LogP contribution in [0.2, 0.25) is 0 Å². The highest BCUT2D eigenvalue weighted by Gasteiger charge is 2.34. The Balaban J connectivity index is 1.60. The van der Waals surface area contributed by atoms with Crippen LogP contribution in [0.15, 0.2) is 48.5 Å². The van der Waals surface area contributed by atoms with Crippen molar-refractivity contribution in [1.29, 1.82) is 0 Å². The van der Waals surface area contributed by atoms with E-state index in [1.807, 2.05) is 6.92 Å². The third-order valence-corrected chi connectivity index (χ3v) is 6.37. The van der Waals surface area contributed by atoms with Gasteiger partial charge in [0.15, 0.2) is 6.61 Å². The molecule has 0 bridgehead atoms. The molecule has 7 heteroatoms. The summed E-state index contributed by atoms with van der Waals surface area (Å²) in [6.07, 6.45) is 2.77. The molecule has 0 spiro atoms. The van der Waals surface area contributed by atoms with E-state index in [2.05, 4.69) is 26.1 Å². The third kappa shape index (κ3) is 7.31. The van der Waals surface area contributed by atoms with Crippen LogP contribution in [0, 0.1) is 17.8 Å². The number of rotatable bonds is 9. The predicted octanol–water partition coefficient (Wildman–Crippen LogP) is 5.50. The zero-order valence-corrected chi connectivity index (χ0v) is 20.9. The van der Waals surface area contributed by atoms with Crippen molar-refractivity contribution in [2.24, 2.45) is 17.8 Å². The van der Waals surface area contributed by atoms with Gasteiger partial charge >= 0.3 is 11.9 Å². The summed E-state index contributed by atoms with van der Waals surface area (Å²) in [5, 5.41) is 2.67. The van der Waals surface area contributed by atoms with Gasteiger partial charge in [-0.2, -0.15) is 0 Å². The van der Waals surface area contributed by atoms with Crippen molar-refractivity contribution >= 4 is 23.5 Å². The molecule has 0 aromatic heterocycles. The smallest absolute Gasteiger partial charge is 0.339 e. The molecule has 0 heterocycles. The van der Waals surface area contributed by atoms with Gasteiger partial charge in [-0.3, -0.25) is 4.79 Å². The van der Waals surface area contributed by atoms with Crippen molar-refractivity contribution in [2.75, 3.05) is 18.5 Å². The molecule has 188 valence electrons. The van der Waals surface area contributed by atoms with Crippen LogP contribution in [0.3, 0.4) is 0 Å². The van der Waals surface area contributed by atoms with Gasteiger partial charge < -0.3 is 19.5 Å². The second-order valence-electron chi connectivity index (χ2n) is 9.40. The van der Waals surface area contributed by atoms with Crippen LogP contribution in [0.4, 0.5) is 5.69 Å². The maximum absolute atomic E-state index is 13.0. The van der Waals surface area contributed by atoms with E-state index >= 15 is 0 Å². The summed E-state index contributed by atoms with van der Waals surface area (Å²) in [5.41, 5.74) is 0.779. The Morgan fingerprint density at radius 1 is 0.971 bits per heavy atom. The maximum Gasteiger partial charge on any atom is 0.339 e. The zero-order valence-electron chi connectivity index (χ0n) is 20.9. The molecule has 1 aliphatic carbocycles. The number of carbonyl (C=O) groups is 3. The highest BCUT2D eigenvalue weighted by molar-refractivity contribution is 6.04. The minimum atomic E-state index is -0.753. The first-order valence-corrected chi connectivity index (χ1v) is 12.3. The second-order valence-corrected chi connectivity index (χ2v) is 9.40. The van der Waals surface area contributed by atoms with Crippen molar-refractivity contribution in [3.05, 3.63) is 59.7 Å². The van der Waals surface area contributed by atoms with E-state index in [1.165, 1.54) is 6.07 Å². The van der Waals surface area contributed by atoms with Gasteiger partial charge in [-0.05, 0) is 73.9 Å². The molecule has 0 unspecified atom stereocenters. The standard InChI is InChI=1S/C28H35NO6/c1-5-33-21-13-11-20(12-14-21)29-26(30)17-34-27(31)23-8-6-7-9-24(23)28(32)35-25-16-19(4)10-15-22(25)18(2)3/h6-9,11-14,18-19,22,25H,5,10,15-17H2,1-4H3,(H,29,30)/t19-,22+,25+/m0/s1. The lowest BCUT2D eigenvalue weighted by molar-refractivity contribution is -0.119. The van der Waals surface area contributed by atoms with Crippen molar-refractivity contribution in [2.45, 2.75) is 53.1 Å². The third-order valence-electron chi connectivity index (χ3n) is 6.37. The Morgan fingerprint density at radius 3 is 2.26 bits per heavy atom. The van der Waals surface area contributed by atoms with Gasteiger partial charge in [-0.15, -0.1) is 0 Å². The summed E-state index contributed by atoms with van der Waals surface area (Å²) < 4.78 is 16.5. The van der Waals surface area contributed by atoms with Gasteiger partial charge in [0, 0.05) is 5.69 Å². The molecule has 3 atom stereocenters. The minimum Gasteiger partial charge on any atom is -0.494 e. The molecule has 2 aromatic rings. The molecule has 35 heavy (non-hydrogen) atoms. The first kappa shape index (κ1) is 26.3. The number of anilines is 1. The van der Waals surface area contributed by atoms with Crippen LogP contribution in [0.5, 0.6) is 5.75 Å². The van der Waals surface area contributed by atoms with E-state index in [4.69, 9.17) is 14.2 Å². The number of carbonyl (C=O) groups excluding carboxylic acids is 3. The quantitative estimate of drug-likeness (QED) is 0.476. The highest BCUT2D eigenvalue weighted by Crippen LogP contribution is 2.35. The predicted molar refractivity (Wildman–Crippen MR) is 134 cm³/mol. The van der Waals surface area contributed by atoms with Gasteiger partial charge in [0.05, 0.1) is 17.7 Å². The lowest BCUT2D eigenvalue weighted by Crippen LogP contribution is -2.36. The molecular formula is C28H35NO6. The van der Waals surface area contributed by atoms with Gasteiger partial charge in [0.1, 0.15) is 11.9 Å². The van der Waals surface area contributed by atoms with Gasteiger partial charge in [0.2, 0.25) is 0 Å². The number of ether oxygens (including phenoxy) is 3. The first-order valence-electron chi connectivity index (χ1n) is 12.3. The molecule has 7 nitrogen and oxygen atoms in total. The van der Waals surface area contributed by atoms with Crippen molar-refractivity contribution in [3.63, 3.8) is 0 Å². The number of hydrogen-bond donors (Lipinski definition) is 1. The summed E-state index contributed by atoms with van der Waals surface area (Å²) in [6, 6.07) is 13.3. The number of hydrogen-bond acceptors (Lipinski definition) is 6. The first-order chi connectivity index (χ1) is 16.8. The largest absolute Gasteiger partial charge is 0.494 e. The molecular weight excluding hydrogens is 446 g/mol. The Kier molecular flexibility index (Phi) is 9.29. The van der Waals surface area contributed by atoms with E-state index < -0.39 is 24.5 Å². The van der Waals surface area contributed by atoms with Gasteiger partial charge in [-0.1, -0.05) is 39.3 Å². The Bertz CT molecular complexity index is 1020. The summed E-state index contributed by atoms with van der Waals surface area (Å²) in [6.45, 7) is 8.41. The minimum absolute atomic E-state index is 0.0799. The van der Waals surface area contributed by atoms with Gasteiger partial charge in [-0.25, -0.2) is 9.59 Å². The van der Waals surface area contributed by atoms with Crippen LogP contribution in [-0.2, 0) is 14.3 Å². The fourth-order valence-electron chi connectivity index (χ4n) is 4.50. The number of esters is 2. The van der Waals surface area contributed by atoms with Crippen molar-refractivity contribution in [1.82, 2.24) is 0 Å². The Morgan fingerprint density at radius 2 is 1.63 bits per heavy atom. The molecule has 1 N–H and O–H groups in total. The monoisotopic (exact) mass is 481 g/mol. The van der Waals surface area contributed by atoms with Crippen LogP contribution >= 0.6 is 0 Å². The average Bonchev–Trinajstić information content (AvgIpc) is 2.83. The van der Waals surface area contributed by atoms with Crippen molar-refractivity contribution in [3.8, 4) is 5.75 Å². The van der Waals surface area contributed by atoms with Crippen LogP contribution < -0.4 is 10.1 Å². The van der Waals surface area contributed by atoms with Gasteiger partial charge in [0.25, 0.3) is 5.91 Å². The highest BCUT2D eigenvalue weighted by atomic mass is 16.5. The molecule has 1 amide bonds. The fourth-order valence-corrected chi connectivity index (χ4v) is 4.50. The molecule has 1 aliphatic rings. The molecule has 3 rings (SSSR count). The fraction of sp³-hybridized carbons (Fsp3) is 0.464. The molecule has 2 aromatic carbocycles. The molecule has 0 radical (unpaired) electrons. The summed E-state index contributed by atoms with van der Waals surface area (Å²) >= 11 is 0. The summed E-state index contributed by atoms with van der Waals surface area (Å²) in [5.74, 6) is 0.0890. The SMILES string of the molecule is CCOc1ccc(NC(=O)COC(=O)c2ccccc2C(=O)O[C@@H]2C[C@@H](C)CC[C@@H]2C(C)C)cc1. The van der Waals surface area contributed by atoms with Crippen molar-refractivity contribution < 1.29 is 28.6 Å². The Hall–Kier alpha value is -3.35. The van der Waals surface area contributed by atoms with Crippen LogP contribution in [0.1, 0.15) is 67.7 Å². The number of amides is 1. The van der Waals surface area contributed by atoms with E-state index in [0.29, 0.717) is 35.8 Å².